The van der Waals surface area contributed by atoms with Crippen LogP contribution in [0.4, 0.5) is 10.1 Å². The van der Waals surface area contributed by atoms with Gasteiger partial charge in [0.2, 0.25) is 0 Å². The van der Waals surface area contributed by atoms with Crippen molar-refractivity contribution in [1.29, 1.82) is 0 Å². The van der Waals surface area contributed by atoms with Gasteiger partial charge in [0, 0.05) is 5.69 Å². The maximum atomic E-state index is 12.9. The number of hydrogen-bond acceptors (Lipinski definition) is 4. The summed E-state index contributed by atoms with van der Waals surface area (Å²) in [7, 11) is 0. The van der Waals surface area contributed by atoms with Crippen LogP contribution in [-0.4, -0.2) is 9.97 Å². The van der Waals surface area contributed by atoms with Crippen molar-refractivity contribution in [2.75, 3.05) is 5.73 Å². The van der Waals surface area contributed by atoms with Crippen molar-refractivity contribution in [3.63, 3.8) is 0 Å². The summed E-state index contributed by atoms with van der Waals surface area (Å²) in [5.41, 5.74) is 7.48. The van der Waals surface area contributed by atoms with Gasteiger partial charge in [0.15, 0.2) is 5.82 Å². The molecule has 1 aromatic heterocycles. The van der Waals surface area contributed by atoms with Gasteiger partial charge in [-0.1, -0.05) is 12.1 Å². The van der Waals surface area contributed by atoms with Crippen molar-refractivity contribution in [1.82, 2.24) is 9.97 Å². The third-order valence-electron chi connectivity index (χ3n) is 2.22. The third kappa shape index (κ3) is 2.90. The second-order valence-electron chi connectivity index (χ2n) is 3.62. The van der Waals surface area contributed by atoms with Gasteiger partial charge < -0.3 is 10.5 Å². The predicted molar refractivity (Wildman–Crippen MR) is 61.9 cm³/mol. The fourth-order valence-corrected chi connectivity index (χ4v) is 1.33. The van der Waals surface area contributed by atoms with E-state index in [4.69, 9.17) is 10.5 Å². The molecule has 0 spiro atoms. The number of nitrogens with zero attached hydrogens (tertiary/aromatic N) is 2. The van der Waals surface area contributed by atoms with E-state index >= 15 is 0 Å². The van der Waals surface area contributed by atoms with E-state index in [9.17, 15) is 4.39 Å². The average Bonchev–Trinajstić information content (AvgIpc) is 2.31. The fourth-order valence-electron chi connectivity index (χ4n) is 1.33. The van der Waals surface area contributed by atoms with E-state index < -0.39 is 5.82 Å². The van der Waals surface area contributed by atoms with Crippen LogP contribution in [0.15, 0.2) is 30.5 Å². The molecule has 0 bridgehead atoms. The molecule has 5 heteroatoms. The highest BCUT2D eigenvalue weighted by Crippen LogP contribution is 2.11. The molecule has 0 saturated carbocycles. The van der Waals surface area contributed by atoms with Crippen LogP contribution in [0.5, 0.6) is 6.01 Å². The molecule has 0 unspecified atom stereocenters. The lowest BCUT2D eigenvalue weighted by Gasteiger charge is -2.05. The van der Waals surface area contributed by atoms with Crippen LogP contribution in [0, 0.1) is 12.7 Å². The molecular formula is C12H12FN3O. The van der Waals surface area contributed by atoms with Crippen molar-refractivity contribution in [3.05, 3.63) is 47.5 Å². The number of rotatable bonds is 3. The largest absolute Gasteiger partial charge is 0.459 e. The van der Waals surface area contributed by atoms with E-state index in [1.165, 1.54) is 0 Å². The molecule has 1 aromatic carbocycles. The summed E-state index contributed by atoms with van der Waals surface area (Å²) in [5.74, 6) is -0.443. The van der Waals surface area contributed by atoms with Gasteiger partial charge in [0.05, 0.1) is 11.9 Å². The Kier molecular flexibility index (Phi) is 3.18. The normalized spacial score (nSPS) is 10.2. The Balaban J connectivity index is 2.05. The molecule has 2 N–H and O–H groups in total. The minimum Gasteiger partial charge on any atom is -0.459 e. The molecule has 88 valence electrons. The van der Waals surface area contributed by atoms with Gasteiger partial charge in [-0.2, -0.15) is 4.98 Å². The number of hydrogen-bond donors (Lipinski definition) is 1. The van der Waals surface area contributed by atoms with Gasteiger partial charge in [-0.25, -0.2) is 9.37 Å². The predicted octanol–water partition coefficient (Wildman–Crippen LogP) is 2.09. The summed E-state index contributed by atoms with van der Waals surface area (Å²) < 4.78 is 18.3. The van der Waals surface area contributed by atoms with Crippen LogP contribution in [0.25, 0.3) is 0 Å². The number of anilines is 1. The van der Waals surface area contributed by atoms with Gasteiger partial charge in [-0.3, -0.25) is 0 Å². The fraction of sp³-hybridized carbons (Fsp3) is 0.167. The molecule has 2 aromatic rings. The molecule has 0 saturated heterocycles. The highest BCUT2D eigenvalue weighted by molar-refractivity contribution is 5.40. The summed E-state index contributed by atoms with van der Waals surface area (Å²) in [6.45, 7) is 1.86. The van der Waals surface area contributed by atoms with Crippen LogP contribution < -0.4 is 10.5 Å². The Labute approximate surface area is 98.3 Å². The Morgan fingerprint density at radius 3 is 2.94 bits per heavy atom. The lowest BCUT2D eigenvalue weighted by molar-refractivity contribution is 0.278. The van der Waals surface area contributed by atoms with E-state index in [1.807, 2.05) is 12.1 Å². The summed E-state index contributed by atoms with van der Waals surface area (Å²) in [4.78, 5) is 7.61. The van der Waals surface area contributed by atoms with Gasteiger partial charge >= 0.3 is 6.01 Å². The second-order valence-corrected chi connectivity index (χ2v) is 3.62. The molecule has 4 nitrogen and oxygen atoms in total. The highest BCUT2D eigenvalue weighted by atomic mass is 19.1. The Hall–Kier alpha value is -2.17. The highest BCUT2D eigenvalue weighted by Gasteiger charge is 2.03. The lowest BCUT2D eigenvalue weighted by atomic mass is 10.2. The molecule has 0 fully saturated rings. The van der Waals surface area contributed by atoms with Crippen LogP contribution in [0.1, 0.15) is 11.3 Å². The lowest BCUT2D eigenvalue weighted by Crippen LogP contribution is -2.02. The minimum atomic E-state index is -0.443. The quantitative estimate of drug-likeness (QED) is 0.824. The standard InChI is InChI=1S/C12H12FN3O/c1-8-11(13)6-15-12(16-8)17-7-9-3-2-4-10(14)5-9/h2-6H,7,14H2,1H3. The smallest absolute Gasteiger partial charge is 0.317 e. The molecule has 0 atom stereocenters. The molecule has 2 rings (SSSR count). The van der Waals surface area contributed by atoms with E-state index in [-0.39, 0.29) is 11.7 Å². The molecule has 0 aliphatic carbocycles. The summed E-state index contributed by atoms with van der Waals surface area (Å²) in [5, 5.41) is 0. The maximum absolute atomic E-state index is 12.9. The first kappa shape index (κ1) is 11.3. The van der Waals surface area contributed by atoms with Crippen molar-refractivity contribution in [2.24, 2.45) is 0 Å². The Morgan fingerprint density at radius 2 is 2.24 bits per heavy atom. The molecule has 1 heterocycles. The number of benzene rings is 1. The van der Waals surface area contributed by atoms with E-state index in [0.29, 0.717) is 12.3 Å². The van der Waals surface area contributed by atoms with Crippen LogP contribution >= 0.6 is 0 Å². The molecule has 0 amide bonds. The average molecular weight is 233 g/mol. The van der Waals surface area contributed by atoms with Crippen molar-refractivity contribution >= 4 is 5.69 Å². The van der Waals surface area contributed by atoms with Crippen molar-refractivity contribution < 1.29 is 9.13 Å². The minimum absolute atomic E-state index is 0.159. The zero-order valence-corrected chi connectivity index (χ0v) is 9.35. The number of nitrogen functional groups attached to an aromatic ring is 1. The van der Waals surface area contributed by atoms with E-state index in [1.54, 1.807) is 19.1 Å². The first-order valence-corrected chi connectivity index (χ1v) is 5.11. The molecule has 17 heavy (non-hydrogen) atoms. The Bertz CT molecular complexity index is 531. The molecule has 0 aliphatic rings. The first-order chi connectivity index (χ1) is 8.15. The van der Waals surface area contributed by atoms with Gasteiger partial charge in [0.25, 0.3) is 0 Å². The third-order valence-corrected chi connectivity index (χ3v) is 2.22. The molecule has 0 aliphatic heterocycles. The summed E-state index contributed by atoms with van der Waals surface area (Å²) in [6.07, 6.45) is 1.09. The first-order valence-electron chi connectivity index (χ1n) is 5.11. The van der Waals surface area contributed by atoms with Crippen LogP contribution in [-0.2, 0) is 6.61 Å². The van der Waals surface area contributed by atoms with Crippen molar-refractivity contribution in [3.8, 4) is 6.01 Å². The maximum Gasteiger partial charge on any atom is 0.317 e. The molecular weight excluding hydrogens is 221 g/mol. The number of aromatic nitrogens is 2. The zero-order chi connectivity index (χ0) is 12.3. The van der Waals surface area contributed by atoms with E-state index in [0.717, 1.165) is 11.8 Å². The monoisotopic (exact) mass is 233 g/mol. The van der Waals surface area contributed by atoms with Crippen molar-refractivity contribution in [2.45, 2.75) is 13.5 Å². The van der Waals surface area contributed by atoms with Gasteiger partial charge in [-0.15, -0.1) is 0 Å². The number of nitrogens with two attached hydrogens (primary N) is 1. The van der Waals surface area contributed by atoms with Crippen LogP contribution in [0.3, 0.4) is 0 Å². The van der Waals surface area contributed by atoms with Gasteiger partial charge in [0.1, 0.15) is 6.61 Å². The number of halogens is 1. The van der Waals surface area contributed by atoms with E-state index in [2.05, 4.69) is 9.97 Å². The Morgan fingerprint density at radius 1 is 1.41 bits per heavy atom. The molecule has 0 radical (unpaired) electrons. The van der Waals surface area contributed by atoms with Crippen LogP contribution in [0.2, 0.25) is 0 Å². The number of aryl methyl sites for hydroxylation is 1. The topological polar surface area (TPSA) is 61.0 Å². The summed E-state index contributed by atoms with van der Waals surface area (Å²) >= 11 is 0. The number of ether oxygens (including phenoxy) is 1. The second kappa shape index (κ2) is 4.78. The zero-order valence-electron chi connectivity index (χ0n) is 9.35. The summed E-state index contributed by atoms with van der Waals surface area (Å²) in [6, 6.07) is 7.47. The SMILES string of the molecule is Cc1nc(OCc2cccc(N)c2)ncc1F. The van der Waals surface area contributed by atoms with Gasteiger partial charge in [-0.05, 0) is 24.6 Å².